The van der Waals surface area contributed by atoms with Gasteiger partial charge in [-0.1, -0.05) is 12.1 Å². The second-order valence-electron chi connectivity index (χ2n) is 3.79. The van der Waals surface area contributed by atoms with E-state index in [1.807, 2.05) is 0 Å². The molecule has 0 radical (unpaired) electrons. The van der Waals surface area contributed by atoms with Gasteiger partial charge in [-0.25, -0.2) is 4.39 Å². The molecule has 2 nitrogen and oxygen atoms in total. The van der Waals surface area contributed by atoms with Gasteiger partial charge in [0.2, 0.25) is 0 Å². The number of benzene rings is 1. The van der Waals surface area contributed by atoms with Crippen molar-refractivity contribution in [2.75, 3.05) is 13.2 Å². The smallest absolute Gasteiger partial charge is 0.168 e. The molecule has 0 amide bonds. The third-order valence-corrected chi connectivity index (χ3v) is 2.64. The minimum Gasteiger partial charge on any atom is -0.381 e. The maximum atomic E-state index is 12.9. The number of hydrogen-bond donors (Lipinski definition) is 0. The van der Waals surface area contributed by atoms with E-state index in [-0.39, 0.29) is 17.5 Å². The number of ketones is 1. The van der Waals surface area contributed by atoms with E-state index in [1.54, 1.807) is 12.1 Å². The molecule has 3 heteroatoms. The Morgan fingerprint density at radius 1 is 1.47 bits per heavy atom. The molecule has 2 rings (SSSR count). The van der Waals surface area contributed by atoms with Crippen molar-refractivity contribution in [3.63, 3.8) is 0 Å². The molecule has 0 aliphatic carbocycles. The van der Waals surface area contributed by atoms with E-state index in [1.165, 1.54) is 12.1 Å². The Morgan fingerprint density at radius 2 is 2.33 bits per heavy atom. The van der Waals surface area contributed by atoms with Gasteiger partial charge in [-0.15, -0.1) is 0 Å². The number of carbonyl (C=O) groups excluding carboxylic acids is 1. The number of halogens is 1. The average molecular weight is 208 g/mol. The highest BCUT2D eigenvalue weighted by molar-refractivity contribution is 5.97. The molecule has 1 aromatic carbocycles. The zero-order chi connectivity index (χ0) is 10.7. The van der Waals surface area contributed by atoms with Crippen LogP contribution in [-0.4, -0.2) is 19.0 Å². The number of rotatable bonds is 2. The van der Waals surface area contributed by atoms with Crippen LogP contribution in [0.5, 0.6) is 0 Å². The number of Topliss-reactive ketones (excluding diaryl/α,β-unsaturated/α-hetero) is 1. The van der Waals surface area contributed by atoms with Gasteiger partial charge in [-0.05, 0) is 25.0 Å². The summed E-state index contributed by atoms with van der Waals surface area (Å²) in [6.07, 6.45) is 1.75. The molecule has 0 saturated carbocycles. The van der Waals surface area contributed by atoms with Crippen molar-refractivity contribution < 1.29 is 13.9 Å². The van der Waals surface area contributed by atoms with Gasteiger partial charge in [0.05, 0.1) is 6.61 Å². The summed E-state index contributed by atoms with van der Waals surface area (Å²) in [5.74, 6) is -0.465. The molecule has 1 atom stereocenters. The van der Waals surface area contributed by atoms with Crippen molar-refractivity contribution >= 4 is 5.78 Å². The Balaban J connectivity index is 2.12. The van der Waals surface area contributed by atoms with E-state index in [2.05, 4.69) is 0 Å². The maximum Gasteiger partial charge on any atom is 0.168 e. The van der Waals surface area contributed by atoms with Gasteiger partial charge in [-0.3, -0.25) is 4.79 Å². The molecule has 1 unspecified atom stereocenters. The van der Waals surface area contributed by atoms with Crippen molar-refractivity contribution in [1.82, 2.24) is 0 Å². The summed E-state index contributed by atoms with van der Waals surface area (Å²) in [6.45, 7) is 1.20. The molecule has 1 aromatic rings. The molecule has 1 fully saturated rings. The van der Waals surface area contributed by atoms with Gasteiger partial charge in [-0.2, -0.15) is 0 Å². The summed E-state index contributed by atoms with van der Waals surface area (Å²) in [5.41, 5.74) is 0.450. The second kappa shape index (κ2) is 4.53. The van der Waals surface area contributed by atoms with Crippen LogP contribution in [0.2, 0.25) is 0 Å². The Labute approximate surface area is 88.1 Å². The highest BCUT2D eigenvalue weighted by Crippen LogP contribution is 2.19. The lowest BCUT2D eigenvalue weighted by Crippen LogP contribution is -2.25. The predicted molar refractivity (Wildman–Crippen MR) is 54.3 cm³/mol. The fraction of sp³-hybridized carbons (Fsp3) is 0.417. The third kappa shape index (κ3) is 2.42. The SMILES string of the molecule is O=C(c1cccc(F)c1)C1CCCOC1. The minimum absolute atomic E-state index is 0.00537. The van der Waals surface area contributed by atoms with Crippen molar-refractivity contribution in [1.29, 1.82) is 0 Å². The largest absolute Gasteiger partial charge is 0.381 e. The number of carbonyl (C=O) groups is 1. The summed E-state index contributed by atoms with van der Waals surface area (Å²) in [6, 6.07) is 5.84. The van der Waals surface area contributed by atoms with Crippen molar-refractivity contribution in [3.8, 4) is 0 Å². The Kier molecular flexibility index (Phi) is 3.11. The molecular formula is C12H13FO2. The molecule has 1 aliphatic rings. The van der Waals surface area contributed by atoms with E-state index < -0.39 is 0 Å². The first-order valence-electron chi connectivity index (χ1n) is 5.15. The van der Waals surface area contributed by atoms with E-state index in [0.717, 1.165) is 19.4 Å². The van der Waals surface area contributed by atoms with Crippen LogP contribution in [0.4, 0.5) is 4.39 Å². The molecule has 1 aliphatic heterocycles. The Morgan fingerprint density at radius 3 is 3.00 bits per heavy atom. The molecule has 0 bridgehead atoms. The number of hydrogen-bond acceptors (Lipinski definition) is 2. The molecule has 1 saturated heterocycles. The van der Waals surface area contributed by atoms with Crippen LogP contribution in [0.25, 0.3) is 0 Å². The zero-order valence-electron chi connectivity index (χ0n) is 8.41. The monoisotopic (exact) mass is 208 g/mol. The molecule has 0 spiro atoms. The lowest BCUT2D eigenvalue weighted by atomic mass is 9.93. The van der Waals surface area contributed by atoms with Gasteiger partial charge in [0.25, 0.3) is 0 Å². The minimum atomic E-state index is -0.363. The van der Waals surface area contributed by atoms with E-state index in [0.29, 0.717) is 12.2 Å². The Bertz CT molecular complexity index is 356. The summed E-state index contributed by atoms with van der Waals surface area (Å²) in [5, 5.41) is 0. The fourth-order valence-electron chi connectivity index (χ4n) is 1.82. The average Bonchev–Trinajstić information content (AvgIpc) is 2.29. The van der Waals surface area contributed by atoms with Gasteiger partial charge in [0, 0.05) is 18.1 Å². The van der Waals surface area contributed by atoms with Crippen LogP contribution in [0.15, 0.2) is 24.3 Å². The van der Waals surface area contributed by atoms with Gasteiger partial charge < -0.3 is 4.74 Å². The van der Waals surface area contributed by atoms with Gasteiger partial charge in [0.15, 0.2) is 5.78 Å². The standard InChI is InChI=1S/C12H13FO2/c13-11-5-1-3-9(7-11)12(14)10-4-2-6-15-8-10/h1,3,5,7,10H,2,4,6,8H2. The van der Waals surface area contributed by atoms with Crippen LogP contribution in [0, 0.1) is 11.7 Å². The summed E-state index contributed by atoms with van der Waals surface area (Å²) in [7, 11) is 0. The Hall–Kier alpha value is -1.22. The van der Waals surface area contributed by atoms with Crippen LogP contribution < -0.4 is 0 Å². The highest BCUT2D eigenvalue weighted by atomic mass is 19.1. The lowest BCUT2D eigenvalue weighted by Gasteiger charge is -2.20. The fourth-order valence-corrected chi connectivity index (χ4v) is 1.82. The summed E-state index contributed by atoms with van der Waals surface area (Å²) >= 11 is 0. The predicted octanol–water partition coefficient (Wildman–Crippen LogP) is 2.44. The van der Waals surface area contributed by atoms with Gasteiger partial charge in [0.1, 0.15) is 5.82 Å². The van der Waals surface area contributed by atoms with Crippen LogP contribution >= 0.6 is 0 Å². The second-order valence-corrected chi connectivity index (χ2v) is 3.79. The topological polar surface area (TPSA) is 26.3 Å². The van der Waals surface area contributed by atoms with Crippen LogP contribution in [0.1, 0.15) is 23.2 Å². The first-order chi connectivity index (χ1) is 7.27. The molecule has 1 heterocycles. The van der Waals surface area contributed by atoms with E-state index in [9.17, 15) is 9.18 Å². The molecule has 80 valence electrons. The van der Waals surface area contributed by atoms with Crippen LogP contribution in [0.3, 0.4) is 0 Å². The quantitative estimate of drug-likeness (QED) is 0.698. The highest BCUT2D eigenvalue weighted by Gasteiger charge is 2.22. The normalized spacial score (nSPS) is 21.3. The van der Waals surface area contributed by atoms with Gasteiger partial charge >= 0.3 is 0 Å². The first-order valence-corrected chi connectivity index (χ1v) is 5.15. The van der Waals surface area contributed by atoms with Crippen molar-refractivity contribution in [3.05, 3.63) is 35.6 Å². The third-order valence-electron chi connectivity index (χ3n) is 2.64. The van der Waals surface area contributed by atoms with E-state index in [4.69, 9.17) is 4.74 Å². The summed E-state index contributed by atoms with van der Waals surface area (Å²) in [4.78, 5) is 11.9. The van der Waals surface area contributed by atoms with Crippen molar-refractivity contribution in [2.45, 2.75) is 12.8 Å². The molecule has 15 heavy (non-hydrogen) atoms. The van der Waals surface area contributed by atoms with Crippen molar-refractivity contribution in [2.24, 2.45) is 5.92 Å². The lowest BCUT2D eigenvalue weighted by molar-refractivity contribution is 0.0461. The molecule has 0 aromatic heterocycles. The van der Waals surface area contributed by atoms with E-state index >= 15 is 0 Å². The molecule has 0 N–H and O–H groups in total. The first kappa shape index (κ1) is 10.3. The molecular weight excluding hydrogens is 195 g/mol. The van der Waals surface area contributed by atoms with Crippen LogP contribution in [-0.2, 0) is 4.74 Å². The summed E-state index contributed by atoms with van der Waals surface area (Å²) < 4.78 is 18.2. The zero-order valence-corrected chi connectivity index (χ0v) is 8.41. The number of ether oxygens (including phenoxy) is 1. The maximum absolute atomic E-state index is 12.9.